The zero-order chi connectivity index (χ0) is 13.5. The van der Waals surface area contributed by atoms with E-state index in [9.17, 15) is 9.59 Å². The van der Waals surface area contributed by atoms with Crippen LogP contribution in [-0.2, 0) is 9.53 Å². The number of ether oxygens (including phenoxy) is 1. The summed E-state index contributed by atoms with van der Waals surface area (Å²) in [6, 6.07) is 1.41. The largest absolute Gasteiger partial charge is 0.450 e. The summed E-state index contributed by atoms with van der Waals surface area (Å²) in [6.07, 6.45) is -0.781. The van der Waals surface area contributed by atoms with E-state index in [1.165, 1.54) is 6.07 Å². The zero-order valence-electron chi connectivity index (χ0n) is 9.67. The van der Waals surface area contributed by atoms with Crippen LogP contribution in [-0.4, -0.2) is 34.3 Å². The van der Waals surface area contributed by atoms with E-state index in [0.717, 1.165) is 11.8 Å². The topological polar surface area (TPSA) is 133 Å². The van der Waals surface area contributed by atoms with Gasteiger partial charge in [0, 0.05) is 6.07 Å². The second-order valence-electron chi connectivity index (χ2n) is 3.06. The summed E-state index contributed by atoms with van der Waals surface area (Å²) in [5, 5.41) is 2.31. The molecule has 1 aromatic heterocycles. The van der Waals surface area contributed by atoms with E-state index in [1.807, 2.05) is 5.32 Å². The highest BCUT2D eigenvalue weighted by molar-refractivity contribution is 7.99. The number of hydrogen-bond acceptors (Lipinski definition) is 8. The van der Waals surface area contributed by atoms with Crippen LogP contribution in [0.4, 0.5) is 16.4 Å². The summed E-state index contributed by atoms with van der Waals surface area (Å²) in [5.74, 6) is -0.114. The molecule has 1 heterocycles. The first-order chi connectivity index (χ1) is 8.51. The Morgan fingerprint density at radius 3 is 2.56 bits per heavy atom. The standard InChI is InChI=1S/C9H13N5O3S/c1-2-17-9(16)14-7(15)4-18-8-12-5(10)3-6(11)13-8/h3H,2,4H2,1H3,(H,14,15,16)(H4,10,11,12,13). The van der Waals surface area contributed by atoms with Crippen molar-refractivity contribution in [2.45, 2.75) is 12.1 Å². The fraction of sp³-hybridized carbons (Fsp3) is 0.333. The average molecular weight is 271 g/mol. The van der Waals surface area contributed by atoms with Crippen molar-refractivity contribution in [1.29, 1.82) is 0 Å². The summed E-state index contributed by atoms with van der Waals surface area (Å²) in [6.45, 7) is 1.84. The minimum Gasteiger partial charge on any atom is -0.450 e. The Balaban J connectivity index is 2.45. The van der Waals surface area contributed by atoms with Gasteiger partial charge in [-0.05, 0) is 6.92 Å². The third-order valence-electron chi connectivity index (χ3n) is 1.59. The number of rotatable bonds is 4. The Hall–Kier alpha value is -2.03. The van der Waals surface area contributed by atoms with E-state index < -0.39 is 12.0 Å². The number of nitrogens with zero attached hydrogens (tertiary/aromatic N) is 2. The molecule has 0 saturated carbocycles. The number of amides is 2. The number of carbonyl (C=O) groups is 2. The lowest BCUT2D eigenvalue weighted by molar-refractivity contribution is -0.117. The fourth-order valence-corrected chi connectivity index (χ4v) is 1.65. The highest BCUT2D eigenvalue weighted by Crippen LogP contribution is 2.15. The van der Waals surface area contributed by atoms with Gasteiger partial charge >= 0.3 is 6.09 Å². The SMILES string of the molecule is CCOC(=O)NC(=O)CSc1nc(N)cc(N)n1. The number of alkyl carbamates (subject to hydrolysis) is 1. The van der Waals surface area contributed by atoms with Crippen LogP contribution in [0.2, 0.25) is 0 Å². The Labute approximate surface area is 107 Å². The summed E-state index contributed by atoms with van der Waals surface area (Å²) in [7, 11) is 0. The molecular formula is C9H13N5O3S. The molecule has 5 N–H and O–H groups in total. The lowest BCUT2D eigenvalue weighted by Crippen LogP contribution is -2.32. The summed E-state index contributed by atoms with van der Waals surface area (Å²) in [5.41, 5.74) is 10.9. The number of anilines is 2. The van der Waals surface area contributed by atoms with Gasteiger partial charge in [0.25, 0.3) is 0 Å². The number of hydrogen-bond donors (Lipinski definition) is 3. The molecule has 18 heavy (non-hydrogen) atoms. The number of imide groups is 1. The van der Waals surface area contributed by atoms with Crippen LogP contribution < -0.4 is 16.8 Å². The molecule has 0 aromatic carbocycles. The van der Waals surface area contributed by atoms with Gasteiger partial charge in [0.2, 0.25) is 5.91 Å². The Morgan fingerprint density at radius 1 is 1.39 bits per heavy atom. The molecule has 0 spiro atoms. The molecule has 2 amide bonds. The lowest BCUT2D eigenvalue weighted by atomic mass is 10.5. The quantitative estimate of drug-likeness (QED) is 0.515. The number of nitrogens with one attached hydrogen (secondary N) is 1. The van der Waals surface area contributed by atoms with E-state index >= 15 is 0 Å². The second kappa shape index (κ2) is 6.64. The predicted molar refractivity (Wildman–Crippen MR) is 66.7 cm³/mol. The maximum atomic E-state index is 11.3. The van der Waals surface area contributed by atoms with Gasteiger partial charge in [0.05, 0.1) is 12.4 Å². The van der Waals surface area contributed by atoms with Crippen molar-refractivity contribution in [1.82, 2.24) is 15.3 Å². The molecule has 9 heteroatoms. The van der Waals surface area contributed by atoms with Crippen molar-refractivity contribution in [2.24, 2.45) is 0 Å². The normalized spacial score (nSPS) is 9.83. The Morgan fingerprint density at radius 2 is 2.00 bits per heavy atom. The van der Waals surface area contributed by atoms with E-state index in [1.54, 1.807) is 6.92 Å². The maximum absolute atomic E-state index is 11.3. The summed E-state index contributed by atoms with van der Waals surface area (Å²) < 4.78 is 4.55. The van der Waals surface area contributed by atoms with Crippen molar-refractivity contribution in [3.8, 4) is 0 Å². The van der Waals surface area contributed by atoms with Gasteiger partial charge in [-0.15, -0.1) is 0 Å². The monoisotopic (exact) mass is 271 g/mol. The van der Waals surface area contributed by atoms with Gasteiger partial charge < -0.3 is 16.2 Å². The number of thioether (sulfide) groups is 1. The second-order valence-corrected chi connectivity index (χ2v) is 4.00. The third kappa shape index (κ3) is 4.87. The zero-order valence-corrected chi connectivity index (χ0v) is 10.5. The van der Waals surface area contributed by atoms with Crippen LogP contribution in [0, 0.1) is 0 Å². The molecule has 0 fully saturated rings. The van der Waals surface area contributed by atoms with Crippen LogP contribution in [0.15, 0.2) is 11.2 Å². The van der Waals surface area contributed by atoms with E-state index in [-0.39, 0.29) is 29.2 Å². The summed E-state index contributed by atoms with van der Waals surface area (Å²) >= 11 is 1.01. The van der Waals surface area contributed by atoms with Crippen molar-refractivity contribution in [2.75, 3.05) is 23.8 Å². The number of aromatic nitrogens is 2. The van der Waals surface area contributed by atoms with Crippen molar-refractivity contribution in [3.05, 3.63) is 6.07 Å². The van der Waals surface area contributed by atoms with E-state index in [0.29, 0.717) is 0 Å². The minimum absolute atomic E-state index is 0.0400. The number of nitrogens with two attached hydrogens (primary N) is 2. The highest BCUT2D eigenvalue weighted by atomic mass is 32.2. The molecule has 0 radical (unpaired) electrons. The fourth-order valence-electron chi connectivity index (χ4n) is 0.974. The summed E-state index contributed by atoms with van der Waals surface area (Å²) in [4.78, 5) is 30.0. The van der Waals surface area contributed by atoms with Crippen LogP contribution in [0.5, 0.6) is 0 Å². The number of nitrogen functional groups attached to an aromatic ring is 2. The molecule has 1 rings (SSSR count). The first kappa shape index (κ1) is 14.0. The molecule has 0 atom stereocenters. The van der Waals surface area contributed by atoms with Crippen LogP contribution in [0.1, 0.15) is 6.92 Å². The van der Waals surface area contributed by atoms with E-state index in [2.05, 4.69) is 14.7 Å². The molecule has 1 aromatic rings. The third-order valence-corrected chi connectivity index (χ3v) is 2.44. The molecule has 8 nitrogen and oxygen atoms in total. The molecule has 0 aliphatic heterocycles. The molecule has 0 saturated heterocycles. The van der Waals surface area contributed by atoms with Crippen LogP contribution >= 0.6 is 11.8 Å². The van der Waals surface area contributed by atoms with Gasteiger partial charge in [-0.1, -0.05) is 11.8 Å². The lowest BCUT2D eigenvalue weighted by Gasteiger charge is -2.04. The van der Waals surface area contributed by atoms with Crippen molar-refractivity contribution in [3.63, 3.8) is 0 Å². The van der Waals surface area contributed by atoms with Gasteiger partial charge in [-0.2, -0.15) is 0 Å². The smallest absolute Gasteiger partial charge is 0.413 e. The first-order valence-electron chi connectivity index (χ1n) is 5.00. The average Bonchev–Trinajstić information content (AvgIpc) is 2.25. The van der Waals surface area contributed by atoms with Crippen LogP contribution in [0.3, 0.4) is 0 Å². The van der Waals surface area contributed by atoms with Gasteiger partial charge in [0.15, 0.2) is 5.16 Å². The highest BCUT2D eigenvalue weighted by Gasteiger charge is 2.10. The van der Waals surface area contributed by atoms with Gasteiger partial charge in [-0.25, -0.2) is 14.8 Å². The Kier molecular flexibility index (Phi) is 5.18. The molecule has 0 aliphatic rings. The molecule has 98 valence electrons. The minimum atomic E-state index is -0.781. The first-order valence-corrected chi connectivity index (χ1v) is 5.99. The maximum Gasteiger partial charge on any atom is 0.413 e. The van der Waals surface area contributed by atoms with Crippen molar-refractivity contribution < 1.29 is 14.3 Å². The number of carbonyl (C=O) groups excluding carboxylic acids is 2. The molecule has 0 aliphatic carbocycles. The Bertz CT molecular complexity index is 434. The van der Waals surface area contributed by atoms with Crippen LogP contribution in [0.25, 0.3) is 0 Å². The molecule has 0 unspecified atom stereocenters. The molecular weight excluding hydrogens is 258 g/mol. The van der Waals surface area contributed by atoms with E-state index in [4.69, 9.17) is 11.5 Å². The molecule has 0 bridgehead atoms. The van der Waals surface area contributed by atoms with Gasteiger partial charge in [0.1, 0.15) is 11.6 Å². The van der Waals surface area contributed by atoms with Gasteiger partial charge in [-0.3, -0.25) is 10.1 Å². The van der Waals surface area contributed by atoms with Crippen molar-refractivity contribution >= 4 is 35.4 Å². The predicted octanol–water partition coefficient (Wildman–Crippen LogP) is 0.00580.